The maximum absolute atomic E-state index is 14.2. The van der Waals surface area contributed by atoms with E-state index in [0.717, 1.165) is 0 Å². The molecule has 0 aliphatic heterocycles. The number of halogens is 2. The van der Waals surface area contributed by atoms with Gasteiger partial charge in [-0.15, -0.1) is 11.7 Å². The minimum absolute atomic E-state index is 0.0766. The summed E-state index contributed by atoms with van der Waals surface area (Å²) in [5.74, 6) is -1.96. The largest absolute Gasteiger partial charge is 0.464 e. The molecule has 0 spiro atoms. The topological polar surface area (TPSA) is 122 Å². The standard InChI is InChI=1S/C23H24ClFN6O4/c1-3-11-31-21(26-28-29-31)22(33)27-30(14-20(32)23(34)35-4-2)13-15-5-7-16(8-6-15)18-12-17(24)9-10-19(18)25/h3,5-10,12,20,32H,1,4,11,13-14H2,2H3,(H,27,33). The molecule has 1 amide bonds. The van der Waals surface area contributed by atoms with Crippen LogP contribution in [0.1, 0.15) is 23.1 Å². The van der Waals surface area contributed by atoms with Crippen molar-refractivity contribution in [3.8, 4) is 11.1 Å². The van der Waals surface area contributed by atoms with Crippen LogP contribution in [0.5, 0.6) is 0 Å². The Hall–Kier alpha value is -3.67. The molecule has 3 aromatic rings. The number of amides is 1. The van der Waals surface area contributed by atoms with E-state index in [1.54, 1.807) is 31.2 Å². The van der Waals surface area contributed by atoms with E-state index in [-0.39, 0.29) is 32.1 Å². The first-order chi connectivity index (χ1) is 16.8. The lowest BCUT2D eigenvalue weighted by atomic mass is 10.0. The first-order valence-electron chi connectivity index (χ1n) is 10.6. The Labute approximate surface area is 205 Å². The maximum atomic E-state index is 14.2. The highest BCUT2D eigenvalue weighted by atomic mass is 35.5. The van der Waals surface area contributed by atoms with E-state index >= 15 is 0 Å². The predicted octanol–water partition coefficient (Wildman–Crippen LogP) is 2.39. The Bertz CT molecular complexity index is 1190. The number of nitrogens with one attached hydrogen (secondary N) is 1. The zero-order valence-electron chi connectivity index (χ0n) is 18.9. The van der Waals surface area contributed by atoms with Crippen LogP contribution in [0, 0.1) is 5.82 Å². The lowest BCUT2D eigenvalue weighted by Crippen LogP contribution is -2.48. The van der Waals surface area contributed by atoms with E-state index in [0.29, 0.717) is 21.7 Å². The van der Waals surface area contributed by atoms with Crippen LogP contribution in [-0.4, -0.2) is 61.5 Å². The molecule has 0 bridgehead atoms. The van der Waals surface area contributed by atoms with Crippen LogP contribution in [0.2, 0.25) is 5.02 Å². The molecule has 12 heteroatoms. The van der Waals surface area contributed by atoms with Gasteiger partial charge in [0, 0.05) is 17.1 Å². The quantitative estimate of drug-likeness (QED) is 0.233. The summed E-state index contributed by atoms with van der Waals surface area (Å²) in [7, 11) is 0. The van der Waals surface area contributed by atoms with Crippen molar-refractivity contribution >= 4 is 23.5 Å². The average molecular weight is 503 g/mol. The fourth-order valence-corrected chi connectivity index (χ4v) is 3.38. The molecular formula is C23H24ClFN6O4. The Morgan fingerprint density at radius 2 is 2.06 bits per heavy atom. The third kappa shape index (κ3) is 6.92. The van der Waals surface area contributed by atoms with Gasteiger partial charge in [0.05, 0.1) is 19.7 Å². The van der Waals surface area contributed by atoms with Crippen molar-refractivity contribution in [1.82, 2.24) is 30.6 Å². The number of benzene rings is 2. The smallest absolute Gasteiger partial charge is 0.336 e. The summed E-state index contributed by atoms with van der Waals surface area (Å²) in [5, 5.41) is 22.9. The van der Waals surface area contributed by atoms with Crippen LogP contribution in [0.3, 0.4) is 0 Å². The molecule has 2 aromatic carbocycles. The third-order valence-corrected chi connectivity index (χ3v) is 5.05. The SMILES string of the molecule is C=CCn1nnnc1C(=O)NN(Cc1ccc(-c2cc(Cl)ccc2F)cc1)CC(O)C(=O)OCC. The highest BCUT2D eigenvalue weighted by Gasteiger charge is 2.24. The lowest BCUT2D eigenvalue weighted by Gasteiger charge is -2.25. The van der Waals surface area contributed by atoms with Crippen molar-refractivity contribution in [2.24, 2.45) is 0 Å². The highest BCUT2D eigenvalue weighted by molar-refractivity contribution is 6.30. The van der Waals surface area contributed by atoms with Crippen LogP contribution in [0.4, 0.5) is 4.39 Å². The first kappa shape index (κ1) is 25.9. The summed E-state index contributed by atoms with van der Waals surface area (Å²) in [6.45, 7) is 5.36. The second-order valence-corrected chi connectivity index (χ2v) is 7.82. The number of hydrazine groups is 1. The van der Waals surface area contributed by atoms with E-state index in [1.807, 2.05) is 0 Å². The third-order valence-electron chi connectivity index (χ3n) is 4.82. The number of ether oxygens (including phenoxy) is 1. The van der Waals surface area contributed by atoms with Gasteiger partial charge in [-0.05, 0) is 46.7 Å². The highest BCUT2D eigenvalue weighted by Crippen LogP contribution is 2.26. The molecule has 0 aliphatic rings. The van der Waals surface area contributed by atoms with Gasteiger partial charge in [-0.2, -0.15) is 0 Å². The number of carbonyl (C=O) groups excluding carboxylic acids is 2. The number of esters is 1. The van der Waals surface area contributed by atoms with Gasteiger partial charge in [0.2, 0.25) is 5.82 Å². The van der Waals surface area contributed by atoms with Gasteiger partial charge in [-0.25, -0.2) is 18.9 Å². The van der Waals surface area contributed by atoms with Crippen LogP contribution >= 0.6 is 11.6 Å². The Morgan fingerprint density at radius 1 is 1.31 bits per heavy atom. The van der Waals surface area contributed by atoms with Crippen LogP contribution < -0.4 is 5.43 Å². The van der Waals surface area contributed by atoms with Crippen LogP contribution in [-0.2, 0) is 22.6 Å². The fraction of sp³-hybridized carbons (Fsp3) is 0.261. The van der Waals surface area contributed by atoms with Crippen molar-refractivity contribution in [2.75, 3.05) is 13.2 Å². The minimum atomic E-state index is -1.51. The first-order valence-corrected chi connectivity index (χ1v) is 11.0. The number of rotatable bonds is 11. The number of hydrogen-bond acceptors (Lipinski definition) is 8. The molecule has 35 heavy (non-hydrogen) atoms. The number of allylic oxidation sites excluding steroid dienone is 1. The van der Waals surface area contributed by atoms with Crippen molar-refractivity contribution in [1.29, 1.82) is 0 Å². The summed E-state index contributed by atoms with van der Waals surface area (Å²) in [6.07, 6.45) is 0.0129. The molecule has 3 rings (SSSR count). The van der Waals surface area contributed by atoms with Crippen LogP contribution in [0.25, 0.3) is 11.1 Å². The number of aliphatic hydroxyl groups is 1. The van der Waals surface area contributed by atoms with E-state index < -0.39 is 23.8 Å². The number of aliphatic hydroxyl groups excluding tert-OH is 1. The minimum Gasteiger partial charge on any atom is -0.464 e. The zero-order chi connectivity index (χ0) is 25.4. The molecule has 0 fully saturated rings. The summed E-state index contributed by atoms with van der Waals surface area (Å²) in [5.41, 5.74) is 4.27. The Morgan fingerprint density at radius 3 is 2.74 bits per heavy atom. The number of aromatic nitrogens is 4. The molecule has 1 aromatic heterocycles. The lowest BCUT2D eigenvalue weighted by molar-refractivity contribution is -0.154. The molecule has 1 heterocycles. The summed E-state index contributed by atoms with van der Waals surface area (Å²) in [6, 6.07) is 11.2. The molecule has 2 N–H and O–H groups in total. The number of nitrogens with zero attached hydrogens (tertiary/aromatic N) is 5. The van der Waals surface area contributed by atoms with Gasteiger partial charge in [0.1, 0.15) is 5.82 Å². The van der Waals surface area contributed by atoms with Gasteiger partial charge >= 0.3 is 11.9 Å². The summed E-state index contributed by atoms with van der Waals surface area (Å²) in [4.78, 5) is 24.7. The van der Waals surface area contributed by atoms with E-state index in [9.17, 15) is 19.1 Å². The van der Waals surface area contributed by atoms with Gasteiger partial charge < -0.3 is 9.84 Å². The number of hydrogen-bond donors (Lipinski definition) is 2. The van der Waals surface area contributed by atoms with Gasteiger partial charge in [0.25, 0.3) is 0 Å². The monoisotopic (exact) mass is 502 g/mol. The second kappa shape index (κ2) is 12.2. The van der Waals surface area contributed by atoms with E-state index in [1.165, 1.54) is 34.0 Å². The van der Waals surface area contributed by atoms with Gasteiger partial charge in [-0.3, -0.25) is 10.2 Å². The molecule has 1 unspecified atom stereocenters. The molecule has 10 nitrogen and oxygen atoms in total. The van der Waals surface area contributed by atoms with Crippen molar-refractivity contribution in [3.05, 3.63) is 77.3 Å². The van der Waals surface area contributed by atoms with Gasteiger partial charge in [0.15, 0.2) is 6.10 Å². The number of tetrazole rings is 1. The fourth-order valence-electron chi connectivity index (χ4n) is 3.21. The van der Waals surface area contributed by atoms with Crippen molar-refractivity contribution < 1.29 is 23.8 Å². The Balaban J connectivity index is 1.79. The molecule has 0 saturated carbocycles. The zero-order valence-corrected chi connectivity index (χ0v) is 19.7. The predicted molar refractivity (Wildman–Crippen MR) is 125 cm³/mol. The van der Waals surface area contributed by atoms with E-state index in [2.05, 4.69) is 27.5 Å². The Kier molecular flexibility index (Phi) is 9.01. The molecule has 0 aliphatic carbocycles. The van der Waals surface area contributed by atoms with Crippen molar-refractivity contribution in [3.63, 3.8) is 0 Å². The second-order valence-electron chi connectivity index (χ2n) is 7.38. The molecule has 184 valence electrons. The van der Waals surface area contributed by atoms with Crippen molar-refractivity contribution in [2.45, 2.75) is 26.1 Å². The molecule has 0 radical (unpaired) electrons. The van der Waals surface area contributed by atoms with Gasteiger partial charge in [-0.1, -0.05) is 41.9 Å². The normalized spacial score (nSPS) is 11.8. The van der Waals surface area contributed by atoms with Crippen LogP contribution in [0.15, 0.2) is 55.1 Å². The molecular weight excluding hydrogens is 479 g/mol. The maximum Gasteiger partial charge on any atom is 0.336 e. The average Bonchev–Trinajstić information content (AvgIpc) is 3.30. The number of carbonyl (C=O) groups is 2. The summed E-state index contributed by atoms with van der Waals surface area (Å²) >= 11 is 5.99. The molecule has 1 atom stereocenters. The van der Waals surface area contributed by atoms with E-state index in [4.69, 9.17) is 16.3 Å². The molecule has 0 saturated heterocycles. The summed E-state index contributed by atoms with van der Waals surface area (Å²) < 4.78 is 20.3.